The van der Waals surface area contributed by atoms with Gasteiger partial charge in [0, 0.05) is 60.2 Å². The maximum Gasteiger partial charge on any atom is 0.136 e. The molecule has 0 bridgehead atoms. The van der Waals surface area contributed by atoms with Crippen LogP contribution in [0.1, 0.15) is 0 Å². The maximum atomic E-state index is 6.32. The average molecular weight is 816 g/mol. The standard InChI is InChI=1S/C60H37N3O/c1-7-19-53-45(13-1)46-14-2-8-20-54(46)62(53)43-33-41(34-44(35-43)63-55-21-9-3-15-47(55)48-16-4-10-22-56(48)63)40-27-25-38(26-28-40)39-29-31-42(32-30-39)61-57-23-11-5-17-49(57)51-37-60-52(36-58(51)61)50-18-6-12-24-59(50)64-60/h1-37H. The van der Waals surface area contributed by atoms with Gasteiger partial charge in [-0.25, -0.2) is 0 Å². The Hall–Kier alpha value is -8.60. The van der Waals surface area contributed by atoms with Crippen molar-refractivity contribution in [2.24, 2.45) is 0 Å². The fourth-order valence-corrected chi connectivity index (χ4v) is 10.5. The lowest BCUT2D eigenvalue weighted by Crippen LogP contribution is -2.00. The molecule has 10 aromatic carbocycles. The maximum absolute atomic E-state index is 6.32. The van der Waals surface area contributed by atoms with E-state index < -0.39 is 0 Å². The van der Waals surface area contributed by atoms with Crippen LogP contribution >= 0.6 is 0 Å². The SMILES string of the molecule is c1ccc2c(c1)oc1cc3c4ccccc4n(-c4ccc(-c5ccc(-c6cc(-n7c8ccccc8c8ccccc87)cc(-n7c8ccccc8c8ccccc87)c6)cc5)cc4)c3cc12. The van der Waals surface area contributed by atoms with Crippen LogP contribution in [-0.4, -0.2) is 13.7 Å². The Labute approximate surface area is 367 Å². The molecular formula is C60H37N3O. The van der Waals surface area contributed by atoms with Crippen LogP contribution in [-0.2, 0) is 0 Å². The number of furan rings is 1. The van der Waals surface area contributed by atoms with Gasteiger partial charge in [-0.2, -0.15) is 0 Å². The third-order valence-corrected chi connectivity index (χ3v) is 13.4. The summed E-state index contributed by atoms with van der Waals surface area (Å²) in [4.78, 5) is 0. The molecule has 298 valence electrons. The molecule has 14 aromatic rings. The molecule has 0 N–H and O–H groups in total. The van der Waals surface area contributed by atoms with Crippen LogP contribution in [0.5, 0.6) is 0 Å². The number of aromatic nitrogens is 3. The Morgan fingerprint density at radius 2 is 0.594 bits per heavy atom. The third-order valence-electron chi connectivity index (χ3n) is 13.4. The molecule has 0 aliphatic heterocycles. The lowest BCUT2D eigenvalue weighted by atomic mass is 9.99. The van der Waals surface area contributed by atoms with E-state index >= 15 is 0 Å². The quantitative estimate of drug-likeness (QED) is 0.170. The molecule has 4 nitrogen and oxygen atoms in total. The predicted molar refractivity (Wildman–Crippen MR) is 268 cm³/mol. The first-order valence-electron chi connectivity index (χ1n) is 21.9. The zero-order valence-electron chi connectivity index (χ0n) is 34.6. The molecule has 4 aromatic heterocycles. The van der Waals surface area contributed by atoms with E-state index in [9.17, 15) is 0 Å². The van der Waals surface area contributed by atoms with Crippen LogP contribution in [0.2, 0.25) is 0 Å². The van der Waals surface area contributed by atoms with E-state index in [4.69, 9.17) is 4.42 Å². The van der Waals surface area contributed by atoms with Crippen molar-refractivity contribution in [3.05, 3.63) is 224 Å². The van der Waals surface area contributed by atoms with Gasteiger partial charge < -0.3 is 18.1 Å². The molecule has 0 fully saturated rings. The Morgan fingerprint density at radius 1 is 0.219 bits per heavy atom. The Balaban J connectivity index is 0.897. The van der Waals surface area contributed by atoms with Crippen LogP contribution in [0.4, 0.5) is 0 Å². The molecule has 0 saturated carbocycles. The predicted octanol–water partition coefficient (Wildman–Crippen LogP) is 16.2. The van der Waals surface area contributed by atoms with E-state index in [1.807, 2.05) is 12.1 Å². The summed E-state index contributed by atoms with van der Waals surface area (Å²) in [5, 5.41) is 9.66. The van der Waals surface area contributed by atoms with Gasteiger partial charge >= 0.3 is 0 Å². The van der Waals surface area contributed by atoms with Gasteiger partial charge in [0.25, 0.3) is 0 Å². The van der Waals surface area contributed by atoms with Crippen LogP contribution < -0.4 is 0 Å². The van der Waals surface area contributed by atoms with Crippen molar-refractivity contribution in [2.75, 3.05) is 0 Å². The third kappa shape index (κ3) is 5.11. The van der Waals surface area contributed by atoms with E-state index in [0.717, 1.165) is 50.1 Å². The first kappa shape index (κ1) is 35.0. The summed E-state index contributed by atoms with van der Waals surface area (Å²) in [6, 6.07) is 81.6. The van der Waals surface area contributed by atoms with Crippen LogP contribution in [0.15, 0.2) is 229 Å². The zero-order chi connectivity index (χ0) is 41.9. The van der Waals surface area contributed by atoms with Gasteiger partial charge in [-0.15, -0.1) is 0 Å². The van der Waals surface area contributed by atoms with Crippen LogP contribution in [0.3, 0.4) is 0 Å². The summed E-state index contributed by atoms with van der Waals surface area (Å²) in [6.07, 6.45) is 0. The lowest BCUT2D eigenvalue weighted by Gasteiger charge is -2.16. The molecule has 14 rings (SSSR count). The second-order valence-electron chi connectivity index (χ2n) is 16.9. The largest absolute Gasteiger partial charge is 0.456 e. The minimum absolute atomic E-state index is 0.913. The lowest BCUT2D eigenvalue weighted by molar-refractivity contribution is 0.669. The second kappa shape index (κ2) is 13.4. The molecule has 0 radical (unpaired) electrons. The van der Waals surface area contributed by atoms with Crippen LogP contribution in [0, 0.1) is 0 Å². The molecule has 0 aliphatic carbocycles. The van der Waals surface area contributed by atoms with Crippen molar-refractivity contribution in [1.82, 2.24) is 13.7 Å². The molecule has 0 aliphatic rings. The topological polar surface area (TPSA) is 27.9 Å². The summed E-state index contributed by atoms with van der Waals surface area (Å²) >= 11 is 0. The summed E-state index contributed by atoms with van der Waals surface area (Å²) in [7, 11) is 0. The van der Waals surface area contributed by atoms with Gasteiger partial charge in [0.2, 0.25) is 0 Å². The first-order chi connectivity index (χ1) is 31.7. The van der Waals surface area contributed by atoms with Crippen LogP contribution in [0.25, 0.3) is 127 Å². The van der Waals surface area contributed by atoms with E-state index in [-0.39, 0.29) is 0 Å². The highest BCUT2D eigenvalue weighted by molar-refractivity contribution is 6.17. The molecular weight excluding hydrogens is 779 g/mol. The van der Waals surface area contributed by atoms with E-state index in [1.54, 1.807) is 0 Å². The fourth-order valence-electron chi connectivity index (χ4n) is 10.5. The summed E-state index contributed by atoms with van der Waals surface area (Å²) in [5.74, 6) is 0. The highest BCUT2D eigenvalue weighted by atomic mass is 16.3. The molecule has 64 heavy (non-hydrogen) atoms. The number of benzene rings is 10. The van der Waals surface area contributed by atoms with Crippen molar-refractivity contribution in [3.8, 4) is 39.3 Å². The minimum Gasteiger partial charge on any atom is -0.456 e. The van der Waals surface area contributed by atoms with Gasteiger partial charge in [0.15, 0.2) is 0 Å². The van der Waals surface area contributed by atoms with Crippen molar-refractivity contribution >= 4 is 87.4 Å². The van der Waals surface area contributed by atoms with Crippen molar-refractivity contribution in [1.29, 1.82) is 0 Å². The van der Waals surface area contributed by atoms with Crippen molar-refractivity contribution < 1.29 is 4.42 Å². The number of hydrogen-bond acceptors (Lipinski definition) is 1. The van der Waals surface area contributed by atoms with Crippen molar-refractivity contribution in [2.45, 2.75) is 0 Å². The number of fused-ring (bicyclic) bond motifs is 12. The zero-order valence-corrected chi connectivity index (χ0v) is 34.6. The number of para-hydroxylation sites is 6. The summed E-state index contributed by atoms with van der Waals surface area (Å²) in [6.45, 7) is 0. The second-order valence-corrected chi connectivity index (χ2v) is 16.9. The van der Waals surface area contributed by atoms with E-state index in [2.05, 4.69) is 226 Å². The van der Waals surface area contributed by atoms with E-state index in [0.29, 0.717) is 0 Å². The number of nitrogens with zero attached hydrogens (tertiary/aromatic N) is 3. The number of hydrogen-bond donors (Lipinski definition) is 0. The highest BCUT2D eigenvalue weighted by Crippen LogP contribution is 2.41. The molecule has 0 atom stereocenters. The molecule has 4 heteroatoms. The number of rotatable bonds is 5. The van der Waals surface area contributed by atoms with Gasteiger partial charge in [0.1, 0.15) is 11.2 Å². The van der Waals surface area contributed by atoms with Crippen molar-refractivity contribution in [3.63, 3.8) is 0 Å². The average Bonchev–Trinajstić information content (AvgIpc) is 4.09. The van der Waals surface area contributed by atoms with Gasteiger partial charge in [-0.1, -0.05) is 146 Å². The molecule has 0 unspecified atom stereocenters. The first-order valence-corrected chi connectivity index (χ1v) is 21.9. The molecule has 0 saturated heterocycles. The van der Waals surface area contributed by atoms with Gasteiger partial charge in [0.05, 0.1) is 33.1 Å². The molecule has 0 amide bonds. The molecule has 0 spiro atoms. The van der Waals surface area contributed by atoms with Gasteiger partial charge in [-0.05, 0) is 101 Å². The minimum atomic E-state index is 0.913. The fraction of sp³-hybridized carbons (Fsp3) is 0. The molecule has 4 heterocycles. The highest BCUT2D eigenvalue weighted by Gasteiger charge is 2.19. The Kier molecular flexibility index (Phi) is 7.36. The Bertz CT molecular complexity index is 3940. The van der Waals surface area contributed by atoms with E-state index in [1.165, 1.54) is 76.5 Å². The normalized spacial score (nSPS) is 12.1. The van der Waals surface area contributed by atoms with Gasteiger partial charge in [-0.3, -0.25) is 0 Å². The smallest absolute Gasteiger partial charge is 0.136 e. The summed E-state index contributed by atoms with van der Waals surface area (Å²) in [5.41, 5.74) is 17.0. The summed E-state index contributed by atoms with van der Waals surface area (Å²) < 4.78 is 13.6. The Morgan fingerprint density at radius 3 is 1.08 bits per heavy atom. The monoisotopic (exact) mass is 815 g/mol.